The summed E-state index contributed by atoms with van der Waals surface area (Å²) in [4.78, 5) is 13.7. The fourth-order valence-corrected chi connectivity index (χ4v) is 4.61. The molecule has 5 rings (SSSR count). The van der Waals surface area contributed by atoms with E-state index in [0.29, 0.717) is 24.5 Å². The smallest absolute Gasteiger partial charge is 0.307 e. The lowest BCUT2D eigenvalue weighted by Crippen LogP contribution is -2.44. The number of nitrogens with zero attached hydrogens (tertiary/aromatic N) is 1. The summed E-state index contributed by atoms with van der Waals surface area (Å²) in [6.07, 6.45) is 2.18. The van der Waals surface area contributed by atoms with Gasteiger partial charge in [-0.05, 0) is 65.4 Å². The van der Waals surface area contributed by atoms with E-state index in [2.05, 4.69) is 35.2 Å². The number of aliphatic carboxylic acids is 1. The quantitative estimate of drug-likeness (QED) is 0.521. The number of rotatable bonds is 8. The summed E-state index contributed by atoms with van der Waals surface area (Å²) in [7, 11) is 0. The zero-order valence-corrected chi connectivity index (χ0v) is 19.2. The Balaban J connectivity index is 1.46. The van der Waals surface area contributed by atoms with Gasteiger partial charge in [0.25, 0.3) is 0 Å². The van der Waals surface area contributed by atoms with Crippen molar-refractivity contribution in [2.75, 3.05) is 24.6 Å². The highest BCUT2D eigenvalue weighted by molar-refractivity contribution is 5.72. The van der Waals surface area contributed by atoms with E-state index in [4.69, 9.17) is 15.2 Å². The van der Waals surface area contributed by atoms with Crippen molar-refractivity contribution < 1.29 is 19.4 Å². The molecule has 3 aromatic rings. The monoisotopic (exact) mass is 458 g/mol. The molecule has 0 amide bonds. The minimum Gasteiger partial charge on any atom is -0.489 e. The molecule has 0 unspecified atom stereocenters. The van der Waals surface area contributed by atoms with Gasteiger partial charge in [0.2, 0.25) is 0 Å². The first-order valence-electron chi connectivity index (χ1n) is 11.8. The van der Waals surface area contributed by atoms with Crippen LogP contribution in [0.1, 0.15) is 29.5 Å². The number of carbonyl (C=O) groups is 1. The lowest BCUT2D eigenvalue weighted by atomic mass is 9.99. The number of nitrogens with two attached hydrogens (primary N) is 1. The van der Waals surface area contributed by atoms with Crippen LogP contribution in [0.2, 0.25) is 0 Å². The minimum atomic E-state index is -0.874. The Morgan fingerprint density at radius 2 is 1.85 bits per heavy atom. The van der Waals surface area contributed by atoms with E-state index in [9.17, 15) is 9.90 Å². The van der Waals surface area contributed by atoms with Crippen LogP contribution in [0.25, 0.3) is 11.1 Å². The molecule has 1 heterocycles. The Hall–Kier alpha value is -3.35. The van der Waals surface area contributed by atoms with Gasteiger partial charge >= 0.3 is 5.97 Å². The molecule has 176 valence electrons. The van der Waals surface area contributed by atoms with E-state index >= 15 is 0 Å². The van der Waals surface area contributed by atoms with Crippen molar-refractivity contribution in [2.24, 2.45) is 5.73 Å². The third-order valence-corrected chi connectivity index (χ3v) is 6.60. The molecule has 1 saturated carbocycles. The average molecular weight is 459 g/mol. The number of carboxylic acid groups (broad SMARTS) is 1. The number of morpholine rings is 1. The van der Waals surface area contributed by atoms with Gasteiger partial charge in [0, 0.05) is 30.9 Å². The van der Waals surface area contributed by atoms with E-state index in [1.807, 2.05) is 30.3 Å². The third kappa shape index (κ3) is 5.08. The summed E-state index contributed by atoms with van der Waals surface area (Å²) >= 11 is 0. The maximum atomic E-state index is 11.2. The van der Waals surface area contributed by atoms with Crippen LogP contribution in [0.15, 0.2) is 66.7 Å². The maximum absolute atomic E-state index is 11.2. The largest absolute Gasteiger partial charge is 0.489 e. The highest BCUT2D eigenvalue weighted by atomic mass is 16.5. The zero-order valence-electron chi connectivity index (χ0n) is 19.2. The van der Waals surface area contributed by atoms with E-state index in [0.717, 1.165) is 60.5 Å². The predicted octanol–water partition coefficient (Wildman–Crippen LogP) is 4.39. The molecule has 2 aliphatic rings. The van der Waals surface area contributed by atoms with Gasteiger partial charge in [0.1, 0.15) is 12.4 Å². The van der Waals surface area contributed by atoms with Gasteiger partial charge in [-0.1, -0.05) is 36.4 Å². The molecule has 3 aromatic carbocycles. The normalized spacial score (nSPS) is 16.4. The number of hydrogen-bond acceptors (Lipinski definition) is 5. The van der Waals surface area contributed by atoms with Gasteiger partial charge in [-0.15, -0.1) is 0 Å². The van der Waals surface area contributed by atoms with Crippen molar-refractivity contribution >= 4 is 11.7 Å². The second kappa shape index (κ2) is 9.49. The number of para-hydroxylation sites is 1. The number of hydrogen-bond donors (Lipinski definition) is 2. The Morgan fingerprint density at radius 3 is 2.65 bits per heavy atom. The first kappa shape index (κ1) is 22.4. The summed E-state index contributed by atoms with van der Waals surface area (Å²) in [5, 5.41) is 9.23. The highest BCUT2D eigenvalue weighted by Crippen LogP contribution is 2.43. The lowest BCUT2D eigenvalue weighted by molar-refractivity contribution is -0.136. The van der Waals surface area contributed by atoms with Crippen LogP contribution in [0.4, 0.5) is 5.69 Å². The van der Waals surface area contributed by atoms with Gasteiger partial charge in [0.15, 0.2) is 0 Å². The fourth-order valence-electron chi connectivity index (χ4n) is 4.61. The molecule has 0 aromatic heterocycles. The summed E-state index contributed by atoms with van der Waals surface area (Å²) in [6.45, 7) is 3.34. The molecule has 0 atom stereocenters. The van der Waals surface area contributed by atoms with E-state index in [-0.39, 0.29) is 12.0 Å². The van der Waals surface area contributed by atoms with Crippen molar-refractivity contribution in [3.05, 3.63) is 83.4 Å². The Bertz CT molecular complexity index is 1190. The summed E-state index contributed by atoms with van der Waals surface area (Å²) in [5.74, 6) is -0.272. The van der Waals surface area contributed by atoms with E-state index in [1.165, 1.54) is 0 Å². The van der Waals surface area contributed by atoms with Crippen LogP contribution in [-0.4, -0.2) is 36.4 Å². The van der Waals surface area contributed by atoms with Gasteiger partial charge < -0.3 is 25.2 Å². The molecular weight excluding hydrogens is 428 g/mol. The van der Waals surface area contributed by atoms with Crippen LogP contribution >= 0.6 is 0 Å². The number of benzene rings is 3. The Labute approximate surface area is 199 Å². The van der Waals surface area contributed by atoms with Crippen molar-refractivity contribution in [3.8, 4) is 16.9 Å². The third-order valence-electron chi connectivity index (χ3n) is 6.60. The second-order valence-corrected chi connectivity index (χ2v) is 9.21. The predicted molar refractivity (Wildman–Crippen MR) is 132 cm³/mol. The molecule has 1 aliphatic heterocycles. The molecule has 1 spiro atoms. The summed E-state index contributed by atoms with van der Waals surface area (Å²) < 4.78 is 12.2. The standard InChI is InChI=1S/C28H30N2O4/c29-17-20-4-3-6-22(12-20)24-13-21(18-33-26-7-2-1-5-23(26)16-27(31)32)14-25(15-24)30-10-11-34-28(19-30)8-9-28/h1-7,12-15H,8-11,16-19,29H2,(H,31,32). The van der Waals surface area contributed by atoms with Crippen molar-refractivity contribution in [2.45, 2.75) is 38.0 Å². The van der Waals surface area contributed by atoms with Crippen LogP contribution in [0, 0.1) is 0 Å². The Morgan fingerprint density at radius 1 is 1.03 bits per heavy atom. The molecular formula is C28H30N2O4. The molecule has 1 saturated heterocycles. The number of anilines is 1. The summed E-state index contributed by atoms with van der Waals surface area (Å²) in [5.41, 5.74) is 12.1. The number of ether oxygens (including phenoxy) is 2. The first-order chi connectivity index (χ1) is 16.5. The molecule has 6 heteroatoms. The maximum Gasteiger partial charge on any atom is 0.307 e. The molecule has 6 nitrogen and oxygen atoms in total. The van der Waals surface area contributed by atoms with Crippen LogP contribution in [-0.2, 0) is 29.1 Å². The van der Waals surface area contributed by atoms with Crippen LogP contribution in [0.3, 0.4) is 0 Å². The lowest BCUT2D eigenvalue weighted by Gasteiger charge is -2.35. The van der Waals surface area contributed by atoms with Gasteiger partial charge in [-0.25, -0.2) is 0 Å². The van der Waals surface area contributed by atoms with Gasteiger partial charge in [0.05, 0.1) is 18.6 Å². The van der Waals surface area contributed by atoms with E-state index in [1.54, 1.807) is 6.07 Å². The summed E-state index contributed by atoms with van der Waals surface area (Å²) in [6, 6.07) is 22.2. The average Bonchev–Trinajstić information content (AvgIpc) is 3.61. The number of carboxylic acids is 1. The van der Waals surface area contributed by atoms with E-state index < -0.39 is 5.97 Å². The Kier molecular flexibility index (Phi) is 6.26. The first-order valence-corrected chi connectivity index (χ1v) is 11.8. The zero-order chi connectivity index (χ0) is 23.5. The van der Waals surface area contributed by atoms with Crippen molar-refractivity contribution in [1.82, 2.24) is 0 Å². The highest BCUT2D eigenvalue weighted by Gasteiger charge is 2.47. The molecule has 3 N–H and O–H groups in total. The van der Waals surface area contributed by atoms with Crippen LogP contribution < -0.4 is 15.4 Å². The van der Waals surface area contributed by atoms with Crippen LogP contribution in [0.5, 0.6) is 5.75 Å². The molecule has 0 radical (unpaired) electrons. The molecule has 1 aliphatic carbocycles. The van der Waals surface area contributed by atoms with Crippen molar-refractivity contribution in [3.63, 3.8) is 0 Å². The molecule has 2 fully saturated rings. The second-order valence-electron chi connectivity index (χ2n) is 9.21. The fraction of sp³-hybridized carbons (Fsp3) is 0.321. The molecule has 0 bridgehead atoms. The minimum absolute atomic E-state index is 0.0279. The van der Waals surface area contributed by atoms with Gasteiger partial charge in [-0.3, -0.25) is 4.79 Å². The van der Waals surface area contributed by atoms with Gasteiger partial charge in [-0.2, -0.15) is 0 Å². The van der Waals surface area contributed by atoms with Crippen molar-refractivity contribution in [1.29, 1.82) is 0 Å². The topological polar surface area (TPSA) is 85.0 Å². The SMILES string of the molecule is NCc1cccc(-c2cc(COc3ccccc3CC(=O)O)cc(N3CCOC4(CC4)C3)c2)c1. The molecule has 34 heavy (non-hydrogen) atoms.